The zero-order valence-corrected chi connectivity index (χ0v) is 12.3. The Kier molecular flexibility index (Phi) is 9.92. The summed E-state index contributed by atoms with van der Waals surface area (Å²) in [7, 11) is 0. The van der Waals surface area contributed by atoms with Crippen LogP contribution in [0.25, 0.3) is 0 Å². The van der Waals surface area contributed by atoms with Gasteiger partial charge in [-0.15, -0.1) is 0 Å². The van der Waals surface area contributed by atoms with Gasteiger partial charge in [-0.05, 0) is 26.9 Å². The number of amides is 1. The molecule has 0 aromatic rings. The molecule has 0 fully saturated rings. The molecule has 1 unspecified atom stereocenters. The Bertz CT molecular complexity index is 217. The van der Waals surface area contributed by atoms with Gasteiger partial charge in [0, 0.05) is 38.1 Å². The number of nitrogens with zero attached hydrogens (tertiary/aromatic N) is 1. The van der Waals surface area contributed by atoms with Crippen molar-refractivity contribution >= 4 is 5.91 Å². The first-order valence-corrected chi connectivity index (χ1v) is 6.98. The van der Waals surface area contributed by atoms with E-state index in [0.29, 0.717) is 13.0 Å². The normalized spacial score (nSPS) is 13.1. The van der Waals surface area contributed by atoms with Crippen LogP contribution in [0, 0.1) is 0 Å². The summed E-state index contributed by atoms with van der Waals surface area (Å²) in [5, 5.41) is 6.23. The van der Waals surface area contributed by atoms with Gasteiger partial charge in [0.25, 0.3) is 0 Å². The highest BCUT2D eigenvalue weighted by molar-refractivity contribution is 5.76. The van der Waals surface area contributed by atoms with Gasteiger partial charge in [-0.3, -0.25) is 4.79 Å². The van der Waals surface area contributed by atoms with Gasteiger partial charge in [-0.1, -0.05) is 13.8 Å². The third-order valence-electron chi connectivity index (χ3n) is 2.92. The zero-order chi connectivity index (χ0) is 14.0. The molecule has 1 amide bonds. The summed E-state index contributed by atoms with van der Waals surface area (Å²) in [6, 6.07) is 0.255. The molecule has 0 aliphatic carbocycles. The number of likely N-dealkylation sites (N-methyl/N-ethyl adjacent to an activating group) is 1. The van der Waals surface area contributed by atoms with Crippen LogP contribution in [0.5, 0.6) is 0 Å². The minimum Gasteiger partial charge on any atom is -0.354 e. The Morgan fingerprint density at radius 3 is 2.33 bits per heavy atom. The Morgan fingerprint density at radius 2 is 1.89 bits per heavy atom. The number of hydrogen-bond donors (Lipinski definition) is 3. The minimum absolute atomic E-state index is 0.0655. The monoisotopic (exact) mass is 258 g/mol. The molecule has 0 aromatic heterocycles. The zero-order valence-electron chi connectivity index (χ0n) is 12.3. The number of nitrogens with two attached hydrogens (primary N) is 1. The predicted molar refractivity (Wildman–Crippen MR) is 76.5 cm³/mol. The van der Waals surface area contributed by atoms with Crippen LogP contribution in [0.4, 0.5) is 0 Å². The lowest BCUT2D eigenvalue weighted by Crippen LogP contribution is -2.44. The maximum atomic E-state index is 11.6. The first-order chi connectivity index (χ1) is 8.53. The fourth-order valence-corrected chi connectivity index (χ4v) is 1.81. The number of carbonyl (C=O) groups excluding carboxylic acids is 1. The van der Waals surface area contributed by atoms with Gasteiger partial charge in [0.2, 0.25) is 5.91 Å². The van der Waals surface area contributed by atoms with E-state index < -0.39 is 0 Å². The molecule has 18 heavy (non-hydrogen) atoms. The minimum atomic E-state index is 0.0655. The van der Waals surface area contributed by atoms with Crippen molar-refractivity contribution in [2.24, 2.45) is 5.73 Å². The number of nitrogens with one attached hydrogen (secondary N) is 2. The highest BCUT2D eigenvalue weighted by Gasteiger charge is 2.12. The predicted octanol–water partition coefficient (Wildman–Crippen LogP) is 0.160. The number of carbonyl (C=O) groups is 1. The first-order valence-electron chi connectivity index (χ1n) is 6.98. The summed E-state index contributed by atoms with van der Waals surface area (Å²) in [5.74, 6) is 0.0655. The average Bonchev–Trinajstić information content (AvgIpc) is 2.32. The van der Waals surface area contributed by atoms with Gasteiger partial charge in [0.15, 0.2) is 0 Å². The molecule has 0 radical (unpaired) electrons. The number of hydrogen-bond acceptors (Lipinski definition) is 4. The average molecular weight is 258 g/mol. The molecule has 0 saturated carbocycles. The smallest absolute Gasteiger partial charge is 0.221 e. The lowest BCUT2D eigenvalue weighted by molar-refractivity contribution is -0.122. The maximum Gasteiger partial charge on any atom is 0.221 e. The quantitative estimate of drug-likeness (QED) is 0.522. The molecule has 0 aliphatic rings. The van der Waals surface area contributed by atoms with Crippen LogP contribution in [-0.4, -0.2) is 55.6 Å². The molecular weight excluding hydrogens is 228 g/mol. The highest BCUT2D eigenvalue weighted by atomic mass is 16.1. The van der Waals surface area contributed by atoms with E-state index in [1.165, 1.54) is 0 Å². The van der Waals surface area contributed by atoms with E-state index in [1.807, 2.05) is 13.8 Å². The molecule has 0 aromatic carbocycles. The lowest BCUT2D eigenvalue weighted by Gasteiger charge is -2.21. The molecule has 5 heteroatoms. The second-order valence-corrected chi connectivity index (χ2v) is 4.84. The van der Waals surface area contributed by atoms with Crippen LogP contribution in [-0.2, 0) is 4.79 Å². The van der Waals surface area contributed by atoms with Gasteiger partial charge in [0.1, 0.15) is 0 Å². The summed E-state index contributed by atoms with van der Waals surface area (Å²) in [6.07, 6.45) is 0.451. The van der Waals surface area contributed by atoms with E-state index >= 15 is 0 Å². The SMILES string of the molecule is CCN(CC)CCNC(CN)CC(=O)NC(C)C. The van der Waals surface area contributed by atoms with Crippen LogP contribution >= 0.6 is 0 Å². The van der Waals surface area contributed by atoms with Crippen molar-refractivity contribution in [3.05, 3.63) is 0 Å². The van der Waals surface area contributed by atoms with Crippen molar-refractivity contribution in [3.63, 3.8) is 0 Å². The fraction of sp³-hybridized carbons (Fsp3) is 0.923. The Labute approximate surface area is 111 Å². The second kappa shape index (κ2) is 10.3. The fourth-order valence-electron chi connectivity index (χ4n) is 1.81. The molecule has 1 atom stereocenters. The van der Waals surface area contributed by atoms with E-state index in [-0.39, 0.29) is 18.0 Å². The molecule has 0 spiro atoms. The van der Waals surface area contributed by atoms with Gasteiger partial charge >= 0.3 is 0 Å². The third-order valence-corrected chi connectivity index (χ3v) is 2.92. The van der Waals surface area contributed by atoms with Gasteiger partial charge < -0.3 is 21.3 Å². The molecule has 0 rings (SSSR count). The van der Waals surface area contributed by atoms with Crippen molar-refractivity contribution in [3.8, 4) is 0 Å². The van der Waals surface area contributed by atoms with Crippen molar-refractivity contribution in [2.75, 3.05) is 32.7 Å². The summed E-state index contributed by atoms with van der Waals surface area (Å²) in [5.41, 5.74) is 5.68. The van der Waals surface area contributed by atoms with Gasteiger partial charge in [-0.2, -0.15) is 0 Å². The molecule has 5 nitrogen and oxygen atoms in total. The Balaban J connectivity index is 3.86. The summed E-state index contributed by atoms with van der Waals surface area (Å²) < 4.78 is 0. The molecule has 108 valence electrons. The Hall–Kier alpha value is -0.650. The van der Waals surface area contributed by atoms with Crippen molar-refractivity contribution in [1.82, 2.24) is 15.5 Å². The maximum absolute atomic E-state index is 11.6. The molecule has 0 bridgehead atoms. The summed E-state index contributed by atoms with van der Waals surface area (Å²) >= 11 is 0. The molecule has 4 N–H and O–H groups in total. The van der Waals surface area contributed by atoms with E-state index in [2.05, 4.69) is 29.4 Å². The molecule has 0 aliphatic heterocycles. The second-order valence-electron chi connectivity index (χ2n) is 4.84. The lowest BCUT2D eigenvalue weighted by atomic mass is 10.2. The number of rotatable bonds is 10. The van der Waals surface area contributed by atoms with E-state index in [4.69, 9.17) is 5.73 Å². The molecular formula is C13H30N4O. The van der Waals surface area contributed by atoms with Crippen LogP contribution < -0.4 is 16.4 Å². The van der Waals surface area contributed by atoms with Gasteiger partial charge in [-0.25, -0.2) is 0 Å². The van der Waals surface area contributed by atoms with Crippen molar-refractivity contribution < 1.29 is 4.79 Å². The van der Waals surface area contributed by atoms with Crippen LogP contribution in [0.15, 0.2) is 0 Å². The summed E-state index contributed by atoms with van der Waals surface area (Å²) in [6.45, 7) is 12.7. The molecule has 0 heterocycles. The first kappa shape index (κ1) is 17.4. The van der Waals surface area contributed by atoms with E-state index in [9.17, 15) is 4.79 Å². The summed E-state index contributed by atoms with van der Waals surface area (Å²) in [4.78, 5) is 14.0. The van der Waals surface area contributed by atoms with Crippen molar-refractivity contribution in [1.29, 1.82) is 0 Å². The highest BCUT2D eigenvalue weighted by Crippen LogP contribution is 1.92. The van der Waals surface area contributed by atoms with E-state index in [1.54, 1.807) is 0 Å². The van der Waals surface area contributed by atoms with E-state index in [0.717, 1.165) is 26.2 Å². The standard InChI is InChI=1S/C13H30N4O/c1-5-17(6-2)8-7-15-12(10-14)9-13(18)16-11(3)4/h11-12,15H,5-10,14H2,1-4H3,(H,16,18). The Morgan fingerprint density at radius 1 is 1.28 bits per heavy atom. The topological polar surface area (TPSA) is 70.4 Å². The largest absolute Gasteiger partial charge is 0.354 e. The van der Waals surface area contributed by atoms with Crippen molar-refractivity contribution in [2.45, 2.75) is 46.2 Å². The van der Waals surface area contributed by atoms with Gasteiger partial charge in [0.05, 0.1) is 0 Å². The van der Waals surface area contributed by atoms with Crippen LogP contribution in [0.2, 0.25) is 0 Å². The molecule has 0 saturated heterocycles. The third kappa shape index (κ3) is 8.44. The van der Waals surface area contributed by atoms with Crippen LogP contribution in [0.1, 0.15) is 34.1 Å². The van der Waals surface area contributed by atoms with Crippen LogP contribution in [0.3, 0.4) is 0 Å².